The van der Waals surface area contributed by atoms with Crippen LogP contribution in [0.15, 0.2) is 65.5 Å². The van der Waals surface area contributed by atoms with E-state index in [0.29, 0.717) is 25.3 Å². The van der Waals surface area contributed by atoms with Crippen molar-refractivity contribution in [3.05, 3.63) is 82.7 Å². The van der Waals surface area contributed by atoms with Crippen molar-refractivity contribution >= 4 is 51.9 Å². The van der Waals surface area contributed by atoms with E-state index >= 15 is 0 Å². The first-order chi connectivity index (χ1) is 33.4. The third-order valence-corrected chi connectivity index (χ3v) is 14.0. The lowest BCUT2D eigenvalue weighted by Crippen LogP contribution is -2.54. The molecule has 11 atom stereocenters. The van der Waals surface area contributed by atoms with Crippen LogP contribution in [-0.2, 0) is 35.1 Å². The number of carbonyl (C=O) groups excluding carboxylic acids is 4. The molecule has 1 fully saturated rings. The molecule has 1 saturated heterocycles. The van der Waals surface area contributed by atoms with Crippen LogP contribution in [0.3, 0.4) is 0 Å². The number of aliphatic hydroxyl groups is 2. The van der Waals surface area contributed by atoms with Gasteiger partial charge in [0, 0.05) is 93.4 Å². The lowest BCUT2D eigenvalue weighted by Gasteiger charge is -2.42. The normalized spacial score (nSPS) is 29.9. The van der Waals surface area contributed by atoms with Gasteiger partial charge in [-0.05, 0) is 51.5 Å². The van der Waals surface area contributed by atoms with Crippen molar-refractivity contribution in [1.82, 2.24) is 9.91 Å². The van der Waals surface area contributed by atoms with Gasteiger partial charge in [0.15, 0.2) is 5.75 Å². The SMILES string of the molecule is COC1/C=C/OC2(C)Oc3c(C)c(O)c4c(O)c(c(/C=N/N5C(C)CN(Cc6ccc(NC(C)=O)cc6)CC5C)c(O)c4c3C2=O)NC(=O)C(C)=C/C=C/C(C)C(O)C(C)C(O)C(C)C(OC(C)=O)C1C. The van der Waals surface area contributed by atoms with Gasteiger partial charge in [0.1, 0.15) is 23.4 Å². The minimum Gasteiger partial charge on any atom is -0.507 e. The molecule has 7 rings (SSSR count). The van der Waals surface area contributed by atoms with Crippen molar-refractivity contribution in [2.45, 2.75) is 125 Å². The second-order valence-electron chi connectivity index (χ2n) is 19.5. The number of hydrogen-bond donors (Lipinski definition) is 7. The quantitative estimate of drug-likeness (QED) is 0.0567. The van der Waals surface area contributed by atoms with Gasteiger partial charge in [-0.3, -0.25) is 29.1 Å². The number of benzene rings is 3. The molecule has 2 amide bonds. The largest absolute Gasteiger partial charge is 0.507 e. The number of aromatic hydroxyl groups is 3. The molecule has 0 aromatic heterocycles. The van der Waals surface area contributed by atoms with Crippen LogP contribution < -0.4 is 15.4 Å². The maximum atomic E-state index is 14.7. The van der Waals surface area contributed by atoms with Gasteiger partial charge in [-0.25, -0.2) is 0 Å². The van der Waals surface area contributed by atoms with E-state index in [9.17, 15) is 44.7 Å². The van der Waals surface area contributed by atoms with Gasteiger partial charge in [-0.1, -0.05) is 58.1 Å². The predicted octanol–water partition coefficient (Wildman–Crippen LogP) is 6.64. The van der Waals surface area contributed by atoms with Crippen molar-refractivity contribution in [1.29, 1.82) is 0 Å². The first kappa shape index (κ1) is 53.9. The van der Waals surface area contributed by atoms with Gasteiger partial charge in [0.05, 0.1) is 65.1 Å². The van der Waals surface area contributed by atoms with Gasteiger partial charge in [0.2, 0.25) is 5.91 Å². The number of hydrazone groups is 1. The van der Waals surface area contributed by atoms with Crippen molar-refractivity contribution in [3.63, 3.8) is 0 Å². The van der Waals surface area contributed by atoms with Crippen LogP contribution in [0.1, 0.15) is 96.3 Å². The molecule has 4 aliphatic rings. The molecule has 18 heteroatoms. The number of phenols is 3. The summed E-state index contributed by atoms with van der Waals surface area (Å²) in [6.07, 6.45) is 4.76. The Morgan fingerprint density at radius 2 is 1.55 bits per heavy atom. The predicted molar refractivity (Wildman–Crippen MR) is 268 cm³/mol. The maximum Gasteiger partial charge on any atom is 0.312 e. The van der Waals surface area contributed by atoms with Crippen molar-refractivity contribution < 1.29 is 63.7 Å². The highest BCUT2D eigenvalue weighted by molar-refractivity contribution is 6.24. The molecule has 0 saturated carbocycles. The number of methoxy groups -OCH3 is 1. The molecule has 4 aliphatic heterocycles. The average molecular weight is 984 g/mol. The summed E-state index contributed by atoms with van der Waals surface area (Å²) in [5, 5.41) is 71.0. The molecule has 11 unspecified atom stereocenters. The van der Waals surface area contributed by atoms with E-state index in [0.717, 1.165) is 5.56 Å². The number of carbonyl (C=O) groups is 4. The molecular weight excluding hydrogens is 915 g/mol. The van der Waals surface area contributed by atoms with Crippen molar-refractivity contribution in [2.75, 3.05) is 30.8 Å². The lowest BCUT2D eigenvalue weighted by molar-refractivity contribution is -0.160. The molecule has 18 nitrogen and oxygen atoms in total. The fourth-order valence-corrected chi connectivity index (χ4v) is 9.93. The number of rotatable bonds is 7. The van der Waals surface area contributed by atoms with Crippen LogP contribution in [0.2, 0.25) is 0 Å². The number of nitrogens with one attached hydrogen (secondary N) is 2. The van der Waals surface area contributed by atoms with Gasteiger partial charge in [-0.2, -0.15) is 5.10 Å². The summed E-state index contributed by atoms with van der Waals surface area (Å²) >= 11 is 0. The number of piperazine rings is 1. The van der Waals surface area contributed by atoms with Gasteiger partial charge in [0.25, 0.3) is 11.7 Å². The van der Waals surface area contributed by atoms with E-state index in [1.165, 1.54) is 66.4 Å². The fraction of sp³-hybridized carbons (Fsp3) is 0.491. The topological polar surface area (TPSA) is 249 Å². The van der Waals surface area contributed by atoms with E-state index < -0.39 is 88.8 Å². The van der Waals surface area contributed by atoms with E-state index in [1.807, 2.05) is 43.1 Å². The molecular formula is C53H69N5O13. The van der Waals surface area contributed by atoms with E-state index in [1.54, 1.807) is 39.8 Å². The van der Waals surface area contributed by atoms with Crippen LogP contribution in [0, 0.1) is 30.6 Å². The number of phenolic OH excluding ortho intramolecular Hbond substituents is 3. The molecule has 4 heterocycles. The smallest absolute Gasteiger partial charge is 0.312 e. The Kier molecular flexibility index (Phi) is 16.6. The molecule has 71 heavy (non-hydrogen) atoms. The summed E-state index contributed by atoms with van der Waals surface area (Å²) in [6, 6.07) is 7.28. The molecule has 384 valence electrons. The third kappa shape index (κ3) is 11.2. The van der Waals surface area contributed by atoms with Crippen LogP contribution in [-0.4, -0.2) is 128 Å². The highest BCUT2D eigenvalue weighted by Gasteiger charge is 2.50. The number of allylic oxidation sites excluding steroid dienone is 2. The highest BCUT2D eigenvalue weighted by atomic mass is 16.7. The summed E-state index contributed by atoms with van der Waals surface area (Å²) in [4.78, 5) is 54.9. The second kappa shape index (κ2) is 21.9. The molecule has 7 N–H and O–H groups in total. The first-order valence-corrected chi connectivity index (χ1v) is 23.9. The number of esters is 1. The van der Waals surface area contributed by atoms with Crippen LogP contribution in [0.4, 0.5) is 11.4 Å². The number of nitrogens with zero attached hydrogens (tertiary/aromatic N) is 3. The molecule has 0 aliphatic carbocycles. The molecule has 0 radical (unpaired) electrons. The minimum absolute atomic E-state index is 0.0344. The summed E-state index contributed by atoms with van der Waals surface area (Å²) in [5.74, 6) is -8.81. The Morgan fingerprint density at radius 3 is 2.15 bits per heavy atom. The number of Topliss-reactive ketones (excluding diaryl/α,β-unsaturated/α-hetero) is 1. The lowest BCUT2D eigenvalue weighted by atomic mass is 9.78. The van der Waals surface area contributed by atoms with E-state index in [-0.39, 0.29) is 62.5 Å². The Bertz CT molecular complexity index is 2630. The van der Waals surface area contributed by atoms with Crippen molar-refractivity contribution in [2.24, 2.45) is 28.8 Å². The number of aliphatic hydroxyl groups excluding tert-OH is 2. The second-order valence-corrected chi connectivity index (χ2v) is 19.5. The Balaban J connectivity index is 1.45. The van der Waals surface area contributed by atoms with E-state index in [2.05, 4.69) is 15.5 Å². The maximum absolute atomic E-state index is 14.7. The molecule has 5 bridgehead atoms. The van der Waals surface area contributed by atoms with Gasteiger partial charge in [-0.15, -0.1) is 0 Å². The number of fused-ring (bicyclic) bond motifs is 14. The number of hydrogen-bond acceptors (Lipinski definition) is 16. The van der Waals surface area contributed by atoms with Crippen molar-refractivity contribution in [3.8, 4) is 23.0 Å². The number of ketones is 1. The summed E-state index contributed by atoms with van der Waals surface area (Å²) in [6.45, 7) is 19.8. The number of amides is 2. The zero-order chi connectivity index (χ0) is 52.4. The molecule has 3 aromatic carbocycles. The number of anilines is 2. The summed E-state index contributed by atoms with van der Waals surface area (Å²) < 4.78 is 23.8. The third-order valence-electron chi connectivity index (χ3n) is 14.0. The number of ether oxygens (including phenoxy) is 4. The summed E-state index contributed by atoms with van der Waals surface area (Å²) in [5.41, 5.74) is 1.25. The molecule has 0 spiro atoms. The van der Waals surface area contributed by atoms with E-state index in [4.69, 9.17) is 24.0 Å². The first-order valence-electron chi connectivity index (χ1n) is 23.9. The zero-order valence-corrected chi connectivity index (χ0v) is 42.5. The fourth-order valence-electron chi connectivity index (χ4n) is 9.93. The average Bonchev–Trinajstić information content (AvgIpc) is 3.58. The zero-order valence-electron chi connectivity index (χ0n) is 42.5. The monoisotopic (exact) mass is 983 g/mol. The van der Waals surface area contributed by atoms with Gasteiger partial charge >= 0.3 is 11.8 Å². The molecule has 3 aromatic rings. The van der Waals surface area contributed by atoms with Gasteiger partial charge < -0.3 is 55.1 Å². The Hall–Kier alpha value is -6.47. The minimum atomic E-state index is -2.09. The Labute approximate surface area is 414 Å². The van der Waals surface area contributed by atoms with Crippen LogP contribution >= 0.6 is 0 Å². The van der Waals surface area contributed by atoms with Crippen LogP contribution in [0.5, 0.6) is 23.0 Å². The summed E-state index contributed by atoms with van der Waals surface area (Å²) in [7, 11) is 1.43. The standard InChI is InChI=1S/C53H69N5O13/c1-26-14-13-15-27(2)52(67)56-43-38(22-54-58-28(3)23-57(24-29(58)4)25-36-16-18-37(19-17-36)55-34(9)59)47(64)40-41(48(43)65)46(63)33(8)50-42(40)51(66)53(11,71-50)69-21-20-39(68-12)30(5)49(70-35(10)60)32(7)45(62)31(6)44(26)61/h13-22,26,28-32,39,44-45,49,61-65H,23-25H2,1-12H3,(H,55,59)(H,56,67)/b14-13+,21-20+,27-15?,54-22+. The highest BCUT2D eigenvalue weighted by Crippen LogP contribution is 2.55. The van der Waals surface area contributed by atoms with Crippen LogP contribution in [0.25, 0.3) is 10.8 Å². The Morgan fingerprint density at radius 1 is 0.901 bits per heavy atom.